The van der Waals surface area contributed by atoms with Crippen LogP contribution >= 0.6 is 24.0 Å². The summed E-state index contributed by atoms with van der Waals surface area (Å²) in [5, 5.41) is 6.96. The number of hydrogen-bond donors (Lipinski definition) is 2. The van der Waals surface area contributed by atoms with Crippen LogP contribution in [0.2, 0.25) is 0 Å². The Kier molecular flexibility index (Phi) is 14.8. The molecule has 0 aliphatic carbocycles. The maximum atomic E-state index is 4.80. The van der Waals surface area contributed by atoms with Crippen LogP contribution in [0.25, 0.3) is 0 Å². The molecule has 1 atom stereocenters. The SMILES string of the molecule is CCNC(=NCCN1CCN(c2ncccn2)CC1)NC(C)CCCN(CC)CC.I. The average Bonchev–Trinajstić information content (AvgIpc) is 2.78. The van der Waals surface area contributed by atoms with E-state index < -0.39 is 0 Å². The molecular formula is C22H43IN8. The van der Waals surface area contributed by atoms with E-state index in [0.29, 0.717) is 6.04 Å². The lowest BCUT2D eigenvalue weighted by atomic mass is 10.2. The number of guanidine groups is 1. The third kappa shape index (κ3) is 10.8. The van der Waals surface area contributed by atoms with E-state index in [1.165, 1.54) is 13.0 Å². The van der Waals surface area contributed by atoms with Gasteiger partial charge in [-0.15, -0.1) is 24.0 Å². The second-order valence-corrected chi connectivity index (χ2v) is 7.85. The summed E-state index contributed by atoms with van der Waals surface area (Å²) in [5.41, 5.74) is 0. The van der Waals surface area contributed by atoms with E-state index in [2.05, 4.69) is 63.0 Å². The molecule has 1 aliphatic heterocycles. The van der Waals surface area contributed by atoms with Crippen molar-refractivity contribution in [1.82, 2.24) is 30.4 Å². The summed E-state index contributed by atoms with van der Waals surface area (Å²) in [5.74, 6) is 1.77. The van der Waals surface area contributed by atoms with Gasteiger partial charge in [0.2, 0.25) is 5.95 Å². The van der Waals surface area contributed by atoms with Gasteiger partial charge < -0.3 is 20.4 Å². The quantitative estimate of drug-likeness (QED) is 0.237. The lowest BCUT2D eigenvalue weighted by molar-refractivity contribution is 0.263. The van der Waals surface area contributed by atoms with Crippen LogP contribution in [0, 0.1) is 0 Å². The van der Waals surface area contributed by atoms with Crippen LogP contribution in [0.5, 0.6) is 0 Å². The first kappa shape index (κ1) is 27.8. The lowest BCUT2D eigenvalue weighted by Crippen LogP contribution is -2.48. The number of piperazine rings is 1. The number of halogens is 1. The van der Waals surface area contributed by atoms with Crippen molar-refractivity contribution in [3.8, 4) is 0 Å². The minimum Gasteiger partial charge on any atom is -0.357 e. The maximum absolute atomic E-state index is 4.80. The predicted molar refractivity (Wildman–Crippen MR) is 142 cm³/mol. The summed E-state index contributed by atoms with van der Waals surface area (Å²) in [6, 6.07) is 2.28. The summed E-state index contributed by atoms with van der Waals surface area (Å²) in [6.45, 7) is 18.9. The third-order valence-electron chi connectivity index (χ3n) is 5.63. The highest BCUT2D eigenvalue weighted by Crippen LogP contribution is 2.09. The zero-order valence-electron chi connectivity index (χ0n) is 19.9. The Balaban J connectivity index is 0.00000480. The number of aromatic nitrogens is 2. The van der Waals surface area contributed by atoms with Crippen LogP contribution < -0.4 is 15.5 Å². The molecule has 31 heavy (non-hydrogen) atoms. The molecule has 1 unspecified atom stereocenters. The van der Waals surface area contributed by atoms with Gasteiger partial charge in [0.1, 0.15) is 0 Å². The summed E-state index contributed by atoms with van der Waals surface area (Å²) in [7, 11) is 0. The largest absolute Gasteiger partial charge is 0.357 e. The van der Waals surface area contributed by atoms with Gasteiger partial charge in [0.25, 0.3) is 0 Å². The highest BCUT2D eigenvalue weighted by molar-refractivity contribution is 14.0. The summed E-state index contributed by atoms with van der Waals surface area (Å²) >= 11 is 0. The van der Waals surface area contributed by atoms with Crippen LogP contribution in [0.15, 0.2) is 23.5 Å². The monoisotopic (exact) mass is 546 g/mol. The van der Waals surface area contributed by atoms with Crippen molar-refractivity contribution in [3.05, 3.63) is 18.5 Å². The van der Waals surface area contributed by atoms with Crippen LogP contribution in [0.4, 0.5) is 5.95 Å². The molecule has 0 saturated carbocycles. The number of nitrogens with zero attached hydrogens (tertiary/aromatic N) is 6. The van der Waals surface area contributed by atoms with Crippen LogP contribution in [-0.2, 0) is 0 Å². The molecule has 0 aromatic carbocycles. The van der Waals surface area contributed by atoms with Gasteiger partial charge in [-0.25, -0.2) is 9.97 Å². The van der Waals surface area contributed by atoms with Crippen LogP contribution in [0.1, 0.15) is 40.5 Å². The predicted octanol–water partition coefficient (Wildman–Crippen LogP) is 2.28. The molecule has 1 saturated heterocycles. The number of hydrogen-bond acceptors (Lipinski definition) is 6. The van der Waals surface area contributed by atoms with Crippen molar-refractivity contribution < 1.29 is 0 Å². The van der Waals surface area contributed by atoms with Crippen molar-refractivity contribution >= 4 is 35.9 Å². The smallest absolute Gasteiger partial charge is 0.225 e. The second-order valence-electron chi connectivity index (χ2n) is 7.85. The Morgan fingerprint density at radius 1 is 1.13 bits per heavy atom. The van der Waals surface area contributed by atoms with E-state index in [1.807, 2.05) is 18.5 Å². The van der Waals surface area contributed by atoms with E-state index in [0.717, 1.165) is 77.2 Å². The fraction of sp³-hybridized carbons (Fsp3) is 0.773. The topological polar surface area (TPSA) is 71.9 Å². The molecule has 2 N–H and O–H groups in total. The molecule has 2 heterocycles. The summed E-state index contributed by atoms with van der Waals surface area (Å²) in [6.07, 6.45) is 5.99. The Morgan fingerprint density at radius 3 is 2.42 bits per heavy atom. The molecule has 0 radical (unpaired) electrons. The first-order valence-electron chi connectivity index (χ1n) is 11.7. The third-order valence-corrected chi connectivity index (χ3v) is 5.63. The first-order valence-corrected chi connectivity index (χ1v) is 11.7. The van der Waals surface area contributed by atoms with Crippen LogP contribution in [0.3, 0.4) is 0 Å². The van der Waals surface area contributed by atoms with Gasteiger partial charge in [-0.05, 0) is 52.4 Å². The Labute approximate surface area is 206 Å². The average molecular weight is 547 g/mol. The number of anilines is 1. The van der Waals surface area contributed by atoms with Gasteiger partial charge in [-0.2, -0.15) is 0 Å². The highest BCUT2D eigenvalue weighted by atomic mass is 127. The molecule has 178 valence electrons. The summed E-state index contributed by atoms with van der Waals surface area (Å²) in [4.78, 5) is 20.7. The first-order chi connectivity index (χ1) is 14.7. The van der Waals surface area contributed by atoms with E-state index in [1.54, 1.807) is 0 Å². The molecule has 0 amide bonds. The van der Waals surface area contributed by atoms with Crippen molar-refractivity contribution in [1.29, 1.82) is 0 Å². The van der Waals surface area contributed by atoms with E-state index in [4.69, 9.17) is 4.99 Å². The fourth-order valence-electron chi connectivity index (χ4n) is 3.72. The normalized spacial score (nSPS) is 16.2. The van der Waals surface area contributed by atoms with Gasteiger partial charge in [-0.1, -0.05) is 13.8 Å². The lowest BCUT2D eigenvalue weighted by Gasteiger charge is -2.34. The molecule has 1 fully saturated rings. The molecule has 2 rings (SSSR count). The van der Waals surface area contributed by atoms with E-state index in [9.17, 15) is 0 Å². The molecule has 1 aromatic heterocycles. The minimum absolute atomic E-state index is 0. The molecule has 1 aromatic rings. The highest BCUT2D eigenvalue weighted by Gasteiger charge is 2.18. The molecule has 8 nitrogen and oxygen atoms in total. The standard InChI is InChI=1S/C22H42N8.HI/c1-5-23-21(27-20(4)10-8-14-28(6-2)7-3)24-13-15-29-16-18-30(19-17-29)22-25-11-9-12-26-22;/h9,11-12,20H,5-8,10,13-19H2,1-4H3,(H2,23,24,27);1H. The maximum Gasteiger partial charge on any atom is 0.225 e. The van der Waals surface area contributed by atoms with E-state index in [-0.39, 0.29) is 24.0 Å². The summed E-state index contributed by atoms with van der Waals surface area (Å²) < 4.78 is 0. The molecule has 0 bridgehead atoms. The molecule has 0 spiro atoms. The molecule has 9 heteroatoms. The number of aliphatic imine (C=N–C) groups is 1. The minimum atomic E-state index is 0. The van der Waals surface area contributed by atoms with Crippen molar-refractivity contribution in [2.75, 3.05) is 70.3 Å². The Hall–Kier alpha value is -1.20. The van der Waals surface area contributed by atoms with Crippen LogP contribution in [-0.4, -0.2) is 97.2 Å². The fourth-order valence-corrected chi connectivity index (χ4v) is 3.72. The zero-order chi connectivity index (χ0) is 21.6. The molecule has 1 aliphatic rings. The zero-order valence-corrected chi connectivity index (χ0v) is 22.2. The van der Waals surface area contributed by atoms with Gasteiger partial charge in [-0.3, -0.25) is 9.89 Å². The van der Waals surface area contributed by atoms with Gasteiger partial charge in [0.05, 0.1) is 6.54 Å². The van der Waals surface area contributed by atoms with Crippen molar-refractivity contribution in [2.45, 2.75) is 46.6 Å². The Bertz CT molecular complexity index is 588. The molecular weight excluding hydrogens is 503 g/mol. The van der Waals surface area contributed by atoms with Crippen molar-refractivity contribution in [3.63, 3.8) is 0 Å². The number of nitrogens with one attached hydrogen (secondary N) is 2. The number of rotatable bonds is 12. The van der Waals surface area contributed by atoms with Crippen molar-refractivity contribution in [2.24, 2.45) is 4.99 Å². The van der Waals surface area contributed by atoms with E-state index >= 15 is 0 Å². The Morgan fingerprint density at radius 2 is 1.81 bits per heavy atom. The van der Waals surface area contributed by atoms with Gasteiger partial charge >= 0.3 is 0 Å². The van der Waals surface area contributed by atoms with Gasteiger partial charge in [0.15, 0.2) is 5.96 Å². The second kappa shape index (κ2) is 16.4. The van der Waals surface area contributed by atoms with Gasteiger partial charge in [0, 0.05) is 57.7 Å².